The molecule has 1 amide bonds. The van der Waals surface area contributed by atoms with Crippen molar-refractivity contribution in [1.29, 1.82) is 0 Å². The average Bonchev–Trinajstić information content (AvgIpc) is 2.30. The monoisotopic (exact) mass is 286 g/mol. The third kappa shape index (κ3) is 4.30. The van der Waals surface area contributed by atoms with Gasteiger partial charge in [-0.2, -0.15) is 0 Å². The van der Waals surface area contributed by atoms with Crippen molar-refractivity contribution in [3.63, 3.8) is 0 Å². The van der Waals surface area contributed by atoms with Crippen molar-refractivity contribution in [1.82, 2.24) is 4.72 Å². The van der Waals surface area contributed by atoms with Gasteiger partial charge in [0.2, 0.25) is 15.9 Å². The topological polar surface area (TPSA) is 95.5 Å². The number of hydrogen-bond acceptors (Lipinski definition) is 4. The second kappa shape index (κ2) is 6.14. The second-order valence-electron chi connectivity index (χ2n) is 4.37. The van der Waals surface area contributed by atoms with Crippen LogP contribution in [0.4, 0.5) is 5.69 Å². The van der Waals surface area contributed by atoms with E-state index in [1.54, 1.807) is 26.0 Å². The lowest BCUT2D eigenvalue weighted by molar-refractivity contribution is -0.114. The van der Waals surface area contributed by atoms with Gasteiger partial charge in [0, 0.05) is 18.7 Å². The molecule has 1 rings (SSSR count). The highest BCUT2D eigenvalue weighted by Gasteiger charge is 2.19. The van der Waals surface area contributed by atoms with Gasteiger partial charge in [-0.1, -0.05) is 6.07 Å². The summed E-state index contributed by atoms with van der Waals surface area (Å²) in [4.78, 5) is 11.1. The van der Waals surface area contributed by atoms with Crippen LogP contribution in [0, 0.1) is 6.92 Å². The molecule has 0 unspecified atom stereocenters. The van der Waals surface area contributed by atoms with E-state index in [-0.39, 0.29) is 17.4 Å². The van der Waals surface area contributed by atoms with E-state index >= 15 is 0 Å². The summed E-state index contributed by atoms with van der Waals surface area (Å²) in [6.07, 6.45) is 0. The van der Waals surface area contributed by atoms with Gasteiger partial charge in [-0.25, -0.2) is 13.1 Å². The van der Waals surface area contributed by atoms with E-state index in [9.17, 15) is 13.2 Å². The molecule has 1 aromatic carbocycles. The second-order valence-corrected chi connectivity index (χ2v) is 6.05. The Hall–Kier alpha value is -1.44. The first-order chi connectivity index (χ1) is 8.76. The van der Waals surface area contributed by atoms with Gasteiger partial charge in [-0.05, 0) is 31.5 Å². The maximum absolute atomic E-state index is 12.1. The number of aliphatic hydroxyl groups is 1. The normalized spacial score (nSPS) is 13.1. The minimum Gasteiger partial charge on any atom is -0.395 e. The van der Waals surface area contributed by atoms with Crippen molar-refractivity contribution in [3.8, 4) is 0 Å². The zero-order valence-electron chi connectivity index (χ0n) is 11.1. The molecule has 0 aliphatic heterocycles. The van der Waals surface area contributed by atoms with Crippen molar-refractivity contribution in [2.45, 2.75) is 31.7 Å². The molecule has 0 aliphatic rings. The number of nitrogens with one attached hydrogen (secondary N) is 2. The van der Waals surface area contributed by atoms with Crippen LogP contribution in [0.1, 0.15) is 19.4 Å². The molecule has 0 radical (unpaired) electrons. The van der Waals surface area contributed by atoms with Crippen LogP contribution in [0.2, 0.25) is 0 Å². The third-order valence-corrected chi connectivity index (χ3v) is 4.16. The number of rotatable bonds is 5. The van der Waals surface area contributed by atoms with E-state index in [0.29, 0.717) is 11.3 Å². The molecule has 19 heavy (non-hydrogen) atoms. The standard InChI is InChI=1S/C12H18N2O4S/c1-8-4-5-11(13-10(3)16)6-12(8)19(17,18)14-9(2)7-15/h4-6,9,14-15H,7H2,1-3H3,(H,13,16)/t9-/m1/s1. The summed E-state index contributed by atoms with van der Waals surface area (Å²) in [5.41, 5.74) is 0.974. The molecule has 0 heterocycles. The molecule has 1 aromatic rings. The van der Waals surface area contributed by atoms with Crippen LogP contribution in [0.15, 0.2) is 23.1 Å². The van der Waals surface area contributed by atoms with Gasteiger partial charge < -0.3 is 10.4 Å². The highest BCUT2D eigenvalue weighted by molar-refractivity contribution is 7.89. The summed E-state index contributed by atoms with van der Waals surface area (Å²) < 4.78 is 26.6. The number of amides is 1. The smallest absolute Gasteiger partial charge is 0.241 e. The third-order valence-electron chi connectivity index (χ3n) is 2.43. The number of carbonyl (C=O) groups excluding carboxylic acids is 1. The molecule has 3 N–H and O–H groups in total. The number of aryl methyl sites for hydroxylation is 1. The lowest BCUT2D eigenvalue weighted by atomic mass is 10.2. The molecule has 7 heteroatoms. The van der Waals surface area contributed by atoms with Crippen molar-refractivity contribution in [3.05, 3.63) is 23.8 Å². The molecule has 0 saturated carbocycles. The lowest BCUT2D eigenvalue weighted by Gasteiger charge is -2.14. The van der Waals surface area contributed by atoms with Gasteiger partial charge in [0.05, 0.1) is 11.5 Å². The average molecular weight is 286 g/mol. The molecule has 0 bridgehead atoms. The molecule has 0 spiro atoms. The van der Waals surface area contributed by atoms with Crippen LogP contribution in [0.3, 0.4) is 0 Å². The van der Waals surface area contributed by atoms with Crippen molar-refractivity contribution >= 4 is 21.6 Å². The van der Waals surface area contributed by atoms with Crippen LogP contribution < -0.4 is 10.0 Å². The summed E-state index contributed by atoms with van der Waals surface area (Å²) in [5.74, 6) is -0.274. The Morgan fingerprint density at radius 1 is 1.42 bits per heavy atom. The highest BCUT2D eigenvalue weighted by Crippen LogP contribution is 2.20. The zero-order valence-corrected chi connectivity index (χ0v) is 11.9. The number of benzene rings is 1. The van der Waals surface area contributed by atoms with E-state index in [4.69, 9.17) is 5.11 Å². The molecule has 6 nitrogen and oxygen atoms in total. The molecule has 1 atom stereocenters. The summed E-state index contributed by atoms with van der Waals surface area (Å²) in [6.45, 7) is 4.28. The number of carbonyl (C=O) groups is 1. The van der Waals surface area contributed by atoms with Crippen LogP contribution in [0.25, 0.3) is 0 Å². The minimum absolute atomic E-state index is 0.0825. The summed E-state index contributed by atoms with van der Waals surface area (Å²) in [7, 11) is -3.72. The Morgan fingerprint density at radius 2 is 2.05 bits per heavy atom. The Balaban J connectivity index is 3.14. The fourth-order valence-corrected chi connectivity index (χ4v) is 3.04. The summed E-state index contributed by atoms with van der Waals surface area (Å²) in [5, 5.41) is 11.4. The molecule has 0 saturated heterocycles. The van der Waals surface area contributed by atoms with Crippen LogP contribution >= 0.6 is 0 Å². The number of hydrogen-bond donors (Lipinski definition) is 3. The number of sulfonamides is 1. The van der Waals surface area contributed by atoms with Crippen molar-refractivity contribution < 1.29 is 18.3 Å². The Labute approximate surface area is 112 Å². The SMILES string of the molecule is CC(=O)Nc1ccc(C)c(S(=O)(=O)N[C@H](C)CO)c1. The lowest BCUT2D eigenvalue weighted by Crippen LogP contribution is -2.35. The Morgan fingerprint density at radius 3 is 2.58 bits per heavy atom. The predicted octanol–water partition coefficient (Wildman–Crippen LogP) is 0.613. The number of anilines is 1. The van der Waals surface area contributed by atoms with E-state index in [2.05, 4.69) is 10.0 Å². The quantitative estimate of drug-likeness (QED) is 0.739. The Bertz CT molecular complexity index is 569. The summed E-state index contributed by atoms with van der Waals surface area (Å²) >= 11 is 0. The summed E-state index contributed by atoms with van der Waals surface area (Å²) in [6, 6.07) is 4.06. The predicted molar refractivity (Wildman–Crippen MR) is 72.4 cm³/mol. The largest absolute Gasteiger partial charge is 0.395 e. The van der Waals surface area contributed by atoms with Gasteiger partial charge in [0.25, 0.3) is 0 Å². The van der Waals surface area contributed by atoms with E-state index in [0.717, 1.165) is 0 Å². The van der Waals surface area contributed by atoms with E-state index < -0.39 is 16.1 Å². The van der Waals surface area contributed by atoms with Gasteiger partial charge in [-0.15, -0.1) is 0 Å². The first kappa shape index (κ1) is 15.6. The van der Waals surface area contributed by atoms with Gasteiger partial charge in [0.15, 0.2) is 0 Å². The van der Waals surface area contributed by atoms with E-state index in [1.165, 1.54) is 13.0 Å². The first-order valence-corrected chi connectivity index (χ1v) is 7.26. The van der Waals surface area contributed by atoms with Crippen LogP contribution in [-0.4, -0.2) is 32.1 Å². The first-order valence-electron chi connectivity index (χ1n) is 5.77. The van der Waals surface area contributed by atoms with Gasteiger partial charge in [0.1, 0.15) is 0 Å². The molecular formula is C12H18N2O4S. The molecule has 0 fully saturated rings. The highest BCUT2D eigenvalue weighted by atomic mass is 32.2. The fraction of sp³-hybridized carbons (Fsp3) is 0.417. The molecule has 106 valence electrons. The maximum Gasteiger partial charge on any atom is 0.241 e. The van der Waals surface area contributed by atoms with Crippen molar-refractivity contribution in [2.75, 3.05) is 11.9 Å². The molecular weight excluding hydrogens is 268 g/mol. The number of aliphatic hydroxyl groups excluding tert-OH is 1. The van der Waals surface area contributed by atoms with Crippen LogP contribution in [-0.2, 0) is 14.8 Å². The van der Waals surface area contributed by atoms with Crippen molar-refractivity contribution in [2.24, 2.45) is 0 Å². The van der Waals surface area contributed by atoms with Gasteiger partial charge in [-0.3, -0.25) is 4.79 Å². The Kier molecular flexibility index (Phi) is 5.04. The van der Waals surface area contributed by atoms with Crippen LogP contribution in [0.5, 0.6) is 0 Å². The fourth-order valence-electron chi connectivity index (χ4n) is 1.54. The maximum atomic E-state index is 12.1. The minimum atomic E-state index is -3.72. The van der Waals surface area contributed by atoms with E-state index in [1.807, 2.05) is 0 Å². The zero-order chi connectivity index (χ0) is 14.6. The van der Waals surface area contributed by atoms with Gasteiger partial charge >= 0.3 is 0 Å². The molecule has 0 aromatic heterocycles. The molecule has 0 aliphatic carbocycles.